The molecule has 1 aromatic rings. The van der Waals surface area contributed by atoms with Gasteiger partial charge in [-0.25, -0.2) is 0 Å². The minimum atomic E-state index is -4.69. The van der Waals surface area contributed by atoms with Crippen LogP contribution in [0, 0.1) is 0 Å². The summed E-state index contributed by atoms with van der Waals surface area (Å²) in [7, 11) is 0. The summed E-state index contributed by atoms with van der Waals surface area (Å²) in [6, 6.07) is 0.522. The van der Waals surface area contributed by atoms with Crippen LogP contribution in [0.5, 0.6) is 0 Å². The van der Waals surface area contributed by atoms with Crippen molar-refractivity contribution >= 4 is 17.5 Å². The maximum Gasteiger partial charge on any atom is 0.417 e. The third-order valence-electron chi connectivity index (χ3n) is 3.27. The molecule has 1 N–H and O–H groups in total. The van der Waals surface area contributed by atoms with E-state index in [1.807, 2.05) is 0 Å². The molecule has 0 aliphatic carbocycles. The molecule has 1 aromatic heterocycles. The standard InChI is InChI=1S/C13H14ClF3N2O4/c14-10-3-8(13(15,16)17)4-19(12(10)22)6-11(21)18-1-2-23-7-9(20)5-18/h3-4,9,20H,1-2,5-7H2/t9-/m0/s1. The highest BCUT2D eigenvalue weighted by atomic mass is 35.5. The number of hydrogen-bond acceptors (Lipinski definition) is 4. The first-order chi connectivity index (χ1) is 10.7. The van der Waals surface area contributed by atoms with Crippen molar-refractivity contribution in [1.29, 1.82) is 0 Å². The molecule has 2 rings (SSSR count). The van der Waals surface area contributed by atoms with Gasteiger partial charge in [-0.05, 0) is 6.07 Å². The summed E-state index contributed by atoms with van der Waals surface area (Å²) in [5.74, 6) is -0.605. The largest absolute Gasteiger partial charge is 0.417 e. The summed E-state index contributed by atoms with van der Waals surface area (Å²) in [4.78, 5) is 25.2. The number of aliphatic hydroxyl groups is 1. The molecule has 0 spiro atoms. The lowest BCUT2D eigenvalue weighted by Gasteiger charge is -2.22. The first kappa shape index (κ1) is 17.8. The summed E-state index contributed by atoms with van der Waals surface area (Å²) in [5, 5.41) is 8.95. The molecule has 1 aliphatic heterocycles. The molecule has 0 aromatic carbocycles. The number of pyridine rings is 1. The van der Waals surface area contributed by atoms with Crippen LogP contribution in [0.25, 0.3) is 0 Å². The minimum absolute atomic E-state index is 0.0136. The molecule has 1 atom stereocenters. The zero-order valence-corrected chi connectivity index (χ0v) is 12.6. The Balaban J connectivity index is 2.23. The summed E-state index contributed by atoms with van der Waals surface area (Å²) >= 11 is 5.53. The number of rotatable bonds is 2. The lowest BCUT2D eigenvalue weighted by atomic mass is 10.2. The van der Waals surface area contributed by atoms with Crippen molar-refractivity contribution in [3.8, 4) is 0 Å². The second-order valence-corrected chi connectivity index (χ2v) is 5.48. The summed E-state index contributed by atoms with van der Waals surface area (Å²) < 4.78 is 44.0. The van der Waals surface area contributed by atoms with Crippen LogP contribution >= 0.6 is 11.6 Å². The van der Waals surface area contributed by atoms with Gasteiger partial charge in [-0.3, -0.25) is 9.59 Å². The monoisotopic (exact) mass is 354 g/mol. The topological polar surface area (TPSA) is 71.8 Å². The lowest BCUT2D eigenvalue weighted by Crippen LogP contribution is -2.41. The van der Waals surface area contributed by atoms with Gasteiger partial charge in [0.2, 0.25) is 5.91 Å². The molecule has 0 saturated carbocycles. The average molecular weight is 355 g/mol. The number of hydrogen-bond donors (Lipinski definition) is 1. The Kier molecular flexibility index (Phi) is 5.33. The van der Waals surface area contributed by atoms with Gasteiger partial charge in [-0.2, -0.15) is 13.2 Å². The van der Waals surface area contributed by atoms with Crippen molar-refractivity contribution in [2.75, 3.05) is 26.3 Å². The summed E-state index contributed by atoms with van der Waals surface area (Å²) in [6.45, 7) is -0.174. The van der Waals surface area contributed by atoms with Crippen molar-refractivity contribution in [1.82, 2.24) is 9.47 Å². The number of ether oxygens (including phenoxy) is 1. The van der Waals surface area contributed by atoms with Crippen molar-refractivity contribution in [3.63, 3.8) is 0 Å². The van der Waals surface area contributed by atoms with Gasteiger partial charge in [0, 0.05) is 19.3 Å². The number of alkyl halides is 3. The quantitative estimate of drug-likeness (QED) is 0.850. The fourth-order valence-corrected chi connectivity index (χ4v) is 2.36. The van der Waals surface area contributed by atoms with Gasteiger partial charge in [0.25, 0.3) is 5.56 Å². The first-order valence-corrected chi connectivity index (χ1v) is 7.07. The molecule has 10 heteroatoms. The van der Waals surface area contributed by atoms with Gasteiger partial charge in [0.05, 0.1) is 24.9 Å². The normalized spacial score (nSPS) is 19.5. The van der Waals surface area contributed by atoms with Crippen LogP contribution in [0.2, 0.25) is 5.02 Å². The number of aliphatic hydroxyl groups excluding tert-OH is 1. The average Bonchev–Trinajstić information content (AvgIpc) is 2.67. The second kappa shape index (κ2) is 6.90. The number of aromatic nitrogens is 1. The molecule has 23 heavy (non-hydrogen) atoms. The molecule has 1 saturated heterocycles. The highest BCUT2D eigenvalue weighted by Gasteiger charge is 2.32. The van der Waals surface area contributed by atoms with Crippen LogP contribution in [-0.4, -0.2) is 52.9 Å². The number of β-amino-alcohol motifs (C(OH)–C–C–N with tert-alkyl or cyclic N) is 1. The van der Waals surface area contributed by atoms with Crippen LogP contribution in [0.1, 0.15) is 5.56 Å². The lowest BCUT2D eigenvalue weighted by molar-refractivity contribution is -0.139. The first-order valence-electron chi connectivity index (χ1n) is 6.69. The molecule has 0 unspecified atom stereocenters. The van der Waals surface area contributed by atoms with E-state index in [0.717, 1.165) is 0 Å². The van der Waals surface area contributed by atoms with Gasteiger partial charge in [-0.15, -0.1) is 0 Å². The van der Waals surface area contributed by atoms with Gasteiger partial charge in [-0.1, -0.05) is 11.6 Å². The van der Waals surface area contributed by atoms with E-state index in [1.165, 1.54) is 4.90 Å². The van der Waals surface area contributed by atoms with E-state index in [4.69, 9.17) is 16.3 Å². The van der Waals surface area contributed by atoms with E-state index < -0.39 is 40.9 Å². The van der Waals surface area contributed by atoms with Crippen LogP contribution < -0.4 is 5.56 Å². The smallest absolute Gasteiger partial charge is 0.389 e. The Labute approximate surface area is 134 Å². The molecular weight excluding hydrogens is 341 g/mol. The molecule has 128 valence electrons. The molecule has 1 amide bonds. The number of halogens is 4. The van der Waals surface area contributed by atoms with Crippen LogP contribution in [0.3, 0.4) is 0 Å². The van der Waals surface area contributed by atoms with Crippen LogP contribution in [-0.2, 0) is 22.3 Å². The van der Waals surface area contributed by atoms with E-state index in [-0.39, 0.29) is 26.3 Å². The van der Waals surface area contributed by atoms with Crippen molar-refractivity contribution < 1.29 is 27.8 Å². The highest BCUT2D eigenvalue weighted by molar-refractivity contribution is 6.30. The van der Waals surface area contributed by atoms with Crippen LogP contribution in [0.4, 0.5) is 13.2 Å². The maximum absolute atomic E-state index is 12.8. The molecular formula is C13H14ClF3N2O4. The van der Waals surface area contributed by atoms with E-state index >= 15 is 0 Å². The van der Waals surface area contributed by atoms with Crippen molar-refractivity contribution in [3.05, 3.63) is 33.2 Å². The van der Waals surface area contributed by atoms with E-state index in [2.05, 4.69) is 0 Å². The Morgan fingerprint density at radius 2 is 2.17 bits per heavy atom. The highest BCUT2D eigenvalue weighted by Crippen LogP contribution is 2.29. The molecule has 0 radical (unpaired) electrons. The molecule has 1 aliphatic rings. The van der Waals surface area contributed by atoms with Gasteiger partial charge >= 0.3 is 6.18 Å². The summed E-state index contributed by atoms with van der Waals surface area (Å²) in [5.41, 5.74) is -2.01. The third-order valence-corrected chi connectivity index (χ3v) is 3.55. The fraction of sp³-hybridized carbons (Fsp3) is 0.538. The maximum atomic E-state index is 12.8. The number of nitrogens with zero attached hydrogens (tertiary/aromatic N) is 2. The SMILES string of the molecule is O=C(Cn1cc(C(F)(F)F)cc(Cl)c1=O)N1CCOC[C@@H](O)C1. The Hall–Kier alpha value is -1.58. The molecule has 0 bridgehead atoms. The minimum Gasteiger partial charge on any atom is -0.389 e. The fourth-order valence-electron chi connectivity index (χ4n) is 2.14. The van der Waals surface area contributed by atoms with E-state index in [0.29, 0.717) is 16.8 Å². The zero-order valence-electron chi connectivity index (χ0n) is 11.8. The van der Waals surface area contributed by atoms with Crippen LogP contribution in [0.15, 0.2) is 17.1 Å². The summed E-state index contributed by atoms with van der Waals surface area (Å²) in [6.07, 6.45) is -5.02. The number of carbonyl (C=O) groups excluding carboxylic acids is 1. The van der Waals surface area contributed by atoms with Crippen molar-refractivity contribution in [2.45, 2.75) is 18.8 Å². The molecule has 2 heterocycles. The van der Waals surface area contributed by atoms with E-state index in [1.54, 1.807) is 0 Å². The van der Waals surface area contributed by atoms with Gasteiger partial charge < -0.3 is 19.3 Å². The number of amides is 1. The van der Waals surface area contributed by atoms with E-state index in [9.17, 15) is 27.9 Å². The second-order valence-electron chi connectivity index (χ2n) is 5.08. The van der Waals surface area contributed by atoms with Gasteiger partial charge in [0.15, 0.2) is 0 Å². The number of carbonyl (C=O) groups is 1. The molecule has 6 nitrogen and oxygen atoms in total. The predicted octanol–water partition coefficient (Wildman–Crippen LogP) is 0.740. The Morgan fingerprint density at radius 3 is 2.83 bits per heavy atom. The Bertz CT molecular complexity index is 647. The van der Waals surface area contributed by atoms with Crippen molar-refractivity contribution in [2.24, 2.45) is 0 Å². The van der Waals surface area contributed by atoms with Gasteiger partial charge in [0.1, 0.15) is 11.6 Å². The predicted molar refractivity (Wildman–Crippen MR) is 74.1 cm³/mol. The third kappa shape index (κ3) is 4.46. The Morgan fingerprint density at radius 1 is 1.48 bits per heavy atom. The zero-order chi connectivity index (χ0) is 17.2. The molecule has 1 fully saturated rings.